The zero-order chi connectivity index (χ0) is 29.8. The summed E-state index contributed by atoms with van der Waals surface area (Å²) >= 11 is 0. The Morgan fingerprint density at radius 1 is 1.10 bits per heavy atom. The molecule has 224 valence electrons. The van der Waals surface area contributed by atoms with E-state index in [9.17, 15) is 18.4 Å². The second kappa shape index (κ2) is 12.8. The van der Waals surface area contributed by atoms with Crippen molar-refractivity contribution in [2.75, 3.05) is 31.1 Å². The Bertz CT molecular complexity index is 1220. The molecule has 1 saturated heterocycles. The number of halogens is 3. The number of hydrogen-bond donors (Lipinski definition) is 0. The molecule has 0 bridgehead atoms. The lowest BCUT2D eigenvalue weighted by molar-refractivity contribution is -0.147. The first-order chi connectivity index (χ1) is 19.4. The normalized spacial score (nSPS) is 17.4. The lowest BCUT2D eigenvalue weighted by atomic mass is 9.86. The van der Waals surface area contributed by atoms with E-state index < -0.39 is 41.0 Å². The summed E-state index contributed by atoms with van der Waals surface area (Å²) in [5.74, 6) is -1.35. The fraction of sp³-hybridized carbons (Fsp3) is 0.581. The summed E-state index contributed by atoms with van der Waals surface area (Å²) in [6.07, 6.45) is 3.48. The van der Waals surface area contributed by atoms with Crippen LogP contribution in [0.5, 0.6) is 0 Å². The number of fused-ring (bicyclic) bond motifs is 1. The number of ether oxygens (including phenoxy) is 2. The Hall–Kier alpha value is -3.14. The van der Waals surface area contributed by atoms with Crippen molar-refractivity contribution in [3.05, 3.63) is 58.8 Å². The van der Waals surface area contributed by atoms with Gasteiger partial charge < -0.3 is 9.47 Å². The van der Waals surface area contributed by atoms with Crippen LogP contribution in [-0.2, 0) is 27.1 Å². The van der Waals surface area contributed by atoms with Crippen LogP contribution in [0.25, 0.3) is 0 Å². The predicted molar refractivity (Wildman–Crippen MR) is 149 cm³/mol. The largest absolute Gasteiger partial charge is 0.466 e. The van der Waals surface area contributed by atoms with Gasteiger partial charge in [0.1, 0.15) is 28.7 Å². The van der Waals surface area contributed by atoms with Crippen molar-refractivity contribution in [2.24, 2.45) is 0 Å². The van der Waals surface area contributed by atoms with E-state index in [0.29, 0.717) is 38.0 Å². The highest BCUT2D eigenvalue weighted by atomic mass is 19.1. The fourth-order valence-corrected chi connectivity index (χ4v) is 5.52. The van der Waals surface area contributed by atoms with Crippen molar-refractivity contribution in [2.45, 2.75) is 90.0 Å². The van der Waals surface area contributed by atoms with Crippen molar-refractivity contribution in [1.82, 2.24) is 9.88 Å². The number of amides is 1. The van der Waals surface area contributed by atoms with Gasteiger partial charge >= 0.3 is 12.1 Å². The van der Waals surface area contributed by atoms with E-state index >= 15 is 4.39 Å². The molecule has 41 heavy (non-hydrogen) atoms. The molecular formula is C31H40F3N3O4. The highest BCUT2D eigenvalue weighted by Crippen LogP contribution is 2.39. The average molecular weight is 576 g/mol. The van der Waals surface area contributed by atoms with Gasteiger partial charge in [-0.15, -0.1) is 0 Å². The number of aryl methyl sites for hydroxylation is 2. The van der Waals surface area contributed by atoms with Crippen LogP contribution >= 0.6 is 0 Å². The summed E-state index contributed by atoms with van der Waals surface area (Å²) in [4.78, 5) is 33.0. The minimum atomic E-state index is -1.45. The first-order valence-corrected chi connectivity index (χ1v) is 14.4. The van der Waals surface area contributed by atoms with E-state index in [1.807, 2.05) is 32.9 Å². The third-order valence-electron chi connectivity index (χ3n) is 7.37. The maximum Gasteiger partial charge on any atom is 0.416 e. The van der Waals surface area contributed by atoms with Crippen LogP contribution in [0, 0.1) is 11.6 Å². The second-order valence-corrected chi connectivity index (χ2v) is 12.0. The van der Waals surface area contributed by atoms with E-state index in [1.165, 1.54) is 12.1 Å². The minimum Gasteiger partial charge on any atom is -0.466 e. The van der Waals surface area contributed by atoms with Crippen molar-refractivity contribution in [3.63, 3.8) is 0 Å². The van der Waals surface area contributed by atoms with E-state index in [2.05, 4.69) is 0 Å². The Morgan fingerprint density at radius 3 is 2.46 bits per heavy atom. The molecule has 1 amide bonds. The lowest BCUT2D eigenvalue weighted by Crippen LogP contribution is -2.60. The van der Waals surface area contributed by atoms with E-state index in [-0.39, 0.29) is 31.7 Å². The van der Waals surface area contributed by atoms with Gasteiger partial charge in [-0.25, -0.2) is 22.9 Å². The van der Waals surface area contributed by atoms with Crippen LogP contribution in [0.2, 0.25) is 0 Å². The number of unbranched alkanes of at least 4 members (excludes halogenated alkanes) is 1. The van der Waals surface area contributed by atoms with E-state index in [1.54, 1.807) is 16.7 Å². The monoisotopic (exact) mass is 575 g/mol. The zero-order valence-electron chi connectivity index (χ0n) is 24.4. The molecule has 0 spiro atoms. The number of rotatable bonds is 10. The fourth-order valence-electron chi connectivity index (χ4n) is 5.52. The summed E-state index contributed by atoms with van der Waals surface area (Å²) in [6, 6.07) is 6.43. The van der Waals surface area contributed by atoms with Crippen LogP contribution < -0.4 is 4.90 Å². The Balaban J connectivity index is 1.32. The molecule has 0 unspecified atom stereocenters. The van der Waals surface area contributed by atoms with Gasteiger partial charge in [-0.3, -0.25) is 14.6 Å². The first-order valence-electron chi connectivity index (χ1n) is 14.4. The molecule has 0 saturated carbocycles. The second-order valence-electron chi connectivity index (χ2n) is 12.0. The van der Waals surface area contributed by atoms with Gasteiger partial charge in [0.2, 0.25) is 0 Å². The highest BCUT2D eigenvalue weighted by Gasteiger charge is 2.46. The number of likely N-dealkylation sites (tertiary alicyclic amines) is 1. The maximum atomic E-state index is 15.5. The molecule has 0 radical (unpaired) electrons. The molecule has 7 nitrogen and oxygen atoms in total. The van der Waals surface area contributed by atoms with Crippen molar-refractivity contribution < 1.29 is 32.2 Å². The Kier molecular flexibility index (Phi) is 9.62. The molecule has 2 aliphatic rings. The number of carbonyl (C=O) groups excluding carboxylic acids is 2. The molecule has 3 heterocycles. The molecule has 2 aliphatic heterocycles. The number of carbonyl (C=O) groups is 2. The standard InChI is InChI=1S/C31H40F3N3O4/c1-5-40-27(38)18-26(22-15-23(32)17-24(33)16-22)36-19-31(34,20-36)13-7-6-10-25-12-11-21-9-8-14-37(28(21)35-25)29(39)41-30(2,3)4/h11-12,15-17,26H,5-10,13-14,18-20H2,1-4H3/t26-/m0/s1. The summed E-state index contributed by atoms with van der Waals surface area (Å²) in [7, 11) is 0. The van der Waals surface area contributed by atoms with Crippen molar-refractivity contribution >= 4 is 17.9 Å². The maximum absolute atomic E-state index is 15.5. The SMILES string of the molecule is CCOC(=O)C[C@@H](c1cc(F)cc(F)c1)N1CC(F)(CCCCc2ccc3c(n2)N(C(=O)OC(C)(C)C)CCC3)C1. The van der Waals surface area contributed by atoms with Crippen molar-refractivity contribution in [1.29, 1.82) is 0 Å². The van der Waals surface area contributed by atoms with Crippen LogP contribution in [0.1, 0.15) is 82.7 Å². The summed E-state index contributed by atoms with van der Waals surface area (Å²) in [6.45, 7) is 8.06. The first kappa shape index (κ1) is 30.8. The minimum absolute atomic E-state index is 0.0666. The number of benzene rings is 1. The van der Waals surface area contributed by atoms with Gasteiger partial charge in [0, 0.05) is 37.4 Å². The molecule has 1 fully saturated rings. The molecule has 0 aliphatic carbocycles. The third-order valence-corrected chi connectivity index (χ3v) is 7.37. The predicted octanol–water partition coefficient (Wildman–Crippen LogP) is 6.48. The van der Waals surface area contributed by atoms with Gasteiger partial charge in [-0.2, -0.15) is 0 Å². The number of pyridine rings is 1. The number of alkyl halides is 1. The molecule has 0 N–H and O–H groups in total. The van der Waals surface area contributed by atoms with Gasteiger partial charge in [0.05, 0.1) is 13.0 Å². The number of hydrogen-bond acceptors (Lipinski definition) is 6. The summed E-state index contributed by atoms with van der Waals surface area (Å²) in [5.41, 5.74) is 0.0910. The number of aromatic nitrogens is 1. The molecular weight excluding hydrogens is 535 g/mol. The number of nitrogens with zero attached hydrogens (tertiary/aromatic N) is 3. The molecule has 1 aromatic heterocycles. The molecule has 4 rings (SSSR count). The highest BCUT2D eigenvalue weighted by molar-refractivity contribution is 5.88. The quantitative estimate of drug-likeness (QED) is 0.239. The van der Waals surface area contributed by atoms with Crippen LogP contribution in [0.15, 0.2) is 30.3 Å². The average Bonchev–Trinajstić information content (AvgIpc) is 2.86. The number of esters is 1. The van der Waals surface area contributed by atoms with Gasteiger partial charge in [0.25, 0.3) is 0 Å². The smallest absolute Gasteiger partial charge is 0.416 e. The van der Waals surface area contributed by atoms with Gasteiger partial charge in [0.15, 0.2) is 0 Å². The number of anilines is 1. The zero-order valence-corrected chi connectivity index (χ0v) is 24.4. The topological polar surface area (TPSA) is 72.0 Å². The van der Waals surface area contributed by atoms with Crippen LogP contribution in [0.3, 0.4) is 0 Å². The van der Waals surface area contributed by atoms with Gasteiger partial charge in [-0.1, -0.05) is 6.07 Å². The Morgan fingerprint density at radius 2 is 1.80 bits per heavy atom. The third kappa shape index (κ3) is 8.21. The lowest BCUT2D eigenvalue weighted by Gasteiger charge is -2.48. The van der Waals surface area contributed by atoms with Gasteiger partial charge in [-0.05, 0) is 95.5 Å². The Labute approximate surface area is 240 Å². The summed E-state index contributed by atoms with van der Waals surface area (Å²) in [5, 5.41) is 0. The molecule has 10 heteroatoms. The van der Waals surface area contributed by atoms with Crippen LogP contribution in [-0.4, -0.2) is 59.5 Å². The van der Waals surface area contributed by atoms with Crippen molar-refractivity contribution in [3.8, 4) is 0 Å². The molecule has 1 atom stereocenters. The molecule has 1 aromatic carbocycles. The summed E-state index contributed by atoms with van der Waals surface area (Å²) < 4.78 is 53.9. The van der Waals surface area contributed by atoms with E-state index in [4.69, 9.17) is 14.5 Å². The van der Waals surface area contributed by atoms with E-state index in [0.717, 1.165) is 30.2 Å². The molecule has 2 aromatic rings. The van der Waals surface area contributed by atoms with Crippen LogP contribution in [0.4, 0.5) is 23.8 Å².